The van der Waals surface area contributed by atoms with Gasteiger partial charge in [0.2, 0.25) is 17.7 Å². The summed E-state index contributed by atoms with van der Waals surface area (Å²) in [5.74, 6) is -1.44. The highest BCUT2D eigenvalue weighted by Gasteiger charge is 2.36. The molecule has 208 valence electrons. The molecule has 0 aliphatic rings. The number of carbonyl (C=O) groups excluding carboxylic acids is 4. The normalized spacial score (nSPS) is 12.8. The molecule has 10 nitrogen and oxygen atoms in total. The van der Waals surface area contributed by atoms with Gasteiger partial charge in [-0.2, -0.15) is 0 Å². The minimum Gasteiger partial charge on any atom is -0.508 e. The standard InChI is InChI=1S/C27H44N4O6/c1-7-9-15-29-24(34)23(19-11-13-21(32)18(3)17-19)31(16-10-8-2)25(35)20(12-14-22(28)33)30-26(36)37-27(4,5)6/h11,13,17,20,23,32H,7-10,12,14-16H2,1-6H3,(H2,28,33)(H,29,34)(H,30,36). The number of hydrogen-bond acceptors (Lipinski definition) is 6. The van der Waals surface area contributed by atoms with Crippen LogP contribution in [-0.2, 0) is 19.1 Å². The summed E-state index contributed by atoms with van der Waals surface area (Å²) in [6, 6.07) is 2.63. The van der Waals surface area contributed by atoms with E-state index in [0.29, 0.717) is 24.1 Å². The molecule has 0 saturated heterocycles. The summed E-state index contributed by atoms with van der Waals surface area (Å²) in [5.41, 5.74) is 5.62. The van der Waals surface area contributed by atoms with E-state index in [1.54, 1.807) is 39.8 Å². The van der Waals surface area contributed by atoms with Crippen molar-refractivity contribution in [2.75, 3.05) is 13.1 Å². The van der Waals surface area contributed by atoms with Gasteiger partial charge in [-0.15, -0.1) is 0 Å². The van der Waals surface area contributed by atoms with E-state index < -0.39 is 35.6 Å². The van der Waals surface area contributed by atoms with Crippen molar-refractivity contribution in [2.45, 2.75) is 97.8 Å². The molecular formula is C27H44N4O6. The van der Waals surface area contributed by atoms with Crippen LogP contribution in [0, 0.1) is 6.92 Å². The highest BCUT2D eigenvalue weighted by molar-refractivity contribution is 5.92. The van der Waals surface area contributed by atoms with Crippen LogP contribution in [0.3, 0.4) is 0 Å². The van der Waals surface area contributed by atoms with Crippen LogP contribution in [0.4, 0.5) is 4.79 Å². The van der Waals surface area contributed by atoms with Gasteiger partial charge in [-0.05, 0) is 70.2 Å². The van der Waals surface area contributed by atoms with Crippen molar-refractivity contribution >= 4 is 23.8 Å². The van der Waals surface area contributed by atoms with Gasteiger partial charge in [0, 0.05) is 19.5 Å². The Balaban J connectivity index is 3.48. The van der Waals surface area contributed by atoms with E-state index in [-0.39, 0.29) is 31.0 Å². The summed E-state index contributed by atoms with van der Waals surface area (Å²) in [4.78, 5) is 52.9. The van der Waals surface area contributed by atoms with Gasteiger partial charge in [0.1, 0.15) is 23.4 Å². The Morgan fingerprint density at radius 1 is 1.11 bits per heavy atom. The number of aryl methyl sites for hydroxylation is 1. The second-order valence-electron chi connectivity index (χ2n) is 10.2. The number of nitrogens with two attached hydrogens (primary N) is 1. The molecule has 0 aliphatic heterocycles. The molecule has 0 aromatic heterocycles. The second-order valence-corrected chi connectivity index (χ2v) is 10.2. The molecule has 2 unspecified atom stereocenters. The van der Waals surface area contributed by atoms with Crippen molar-refractivity contribution in [3.05, 3.63) is 29.3 Å². The van der Waals surface area contributed by atoms with E-state index in [1.807, 2.05) is 13.8 Å². The number of unbranched alkanes of at least 4 members (excludes halogenated alkanes) is 2. The summed E-state index contributed by atoms with van der Waals surface area (Å²) < 4.78 is 5.33. The molecule has 0 fully saturated rings. The molecular weight excluding hydrogens is 476 g/mol. The number of primary amides is 1. The number of phenols is 1. The molecule has 0 heterocycles. The Kier molecular flexibility index (Phi) is 12.9. The molecule has 1 aromatic carbocycles. The number of hydrogen-bond donors (Lipinski definition) is 4. The minimum atomic E-state index is -1.14. The summed E-state index contributed by atoms with van der Waals surface area (Å²) >= 11 is 0. The van der Waals surface area contributed by atoms with Gasteiger partial charge >= 0.3 is 6.09 Å². The van der Waals surface area contributed by atoms with Crippen LogP contribution >= 0.6 is 0 Å². The molecule has 0 spiro atoms. The topological polar surface area (TPSA) is 151 Å². The van der Waals surface area contributed by atoms with Crippen LogP contribution in [0.15, 0.2) is 18.2 Å². The maximum absolute atomic E-state index is 13.9. The second kappa shape index (κ2) is 15.1. The predicted octanol–water partition coefficient (Wildman–Crippen LogP) is 3.45. The predicted molar refractivity (Wildman–Crippen MR) is 142 cm³/mol. The van der Waals surface area contributed by atoms with Gasteiger partial charge < -0.3 is 31.1 Å². The molecule has 37 heavy (non-hydrogen) atoms. The van der Waals surface area contributed by atoms with E-state index in [9.17, 15) is 24.3 Å². The number of benzene rings is 1. The molecule has 10 heteroatoms. The Morgan fingerprint density at radius 2 is 1.76 bits per heavy atom. The van der Waals surface area contributed by atoms with Crippen LogP contribution in [0.5, 0.6) is 5.75 Å². The number of rotatable bonds is 14. The Morgan fingerprint density at radius 3 is 2.30 bits per heavy atom. The van der Waals surface area contributed by atoms with Crippen LogP contribution in [0.2, 0.25) is 0 Å². The van der Waals surface area contributed by atoms with Crippen molar-refractivity contribution in [3.8, 4) is 5.75 Å². The molecule has 2 atom stereocenters. The lowest BCUT2D eigenvalue weighted by atomic mass is 9.99. The fourth-order valence-electron chi connectivity index (χ4n) is 3.70. The van der Waals surface area contributed by atoms with Crippen molar-refractivity contribution < 1.29 is 29.0 Å². The fourth-order valence-corrected chi connectivity index (χ4v) is 3.70. The summed E-state index contributed by atoms with van der Waals surface area (Å²) in [5, 5.41) is 15.5. The zero-order valence-corrected chi connectivity index (χ0v) is 23.1. The van der Waals surface area contributed by atoms with Gasteiger partial charge in [-0.1, -0.05) is 32.8 Å². The maximum Gasteiger partial charge on any atom is 0.408 e. The SMILES string of the molecule is CCCCNC(=O)C(c1ccc(O)c(C)c1)N(CCCC)C(=O)C(CCC(N)=O)NC(=O)OC(C)(C)C. The lowest BCUT2D eigenvalue weighted by Gasteiger charge is -2.34. The third-order valence-corrected chi connectivity index (χ3v) is 5.63. The lowest BCUT2D eigenvalue weighted by molar-refractivity contribution is -0.142. The zero-order chi connectivity index (χ0) is 28.2. The number of carbonyl (C=O) groups is 4. The molecule has 4 amide bonds. The number of nitrogens with zero attached hydrogens (tertiary/aromatic N) is 1. The van der Waals surface area contributed by atoms with Crippen LogP contribution < -0.4 is 16.4 Å². The first-order valence-electron chi connectivity index (χ1n) is 13.0. The minimum absolute atomic E-state index is 0.0468. The molecule has 0 saturated carbocycles. The molecule has 1 aromatic rings. The van der Waals surface area contributed by atoms with Gasteiger partial charge in [-0.25, -0.2) is 4.79 Å². The van der Waals surface area contributed by atoms with Crippen molar-refractivity contribution in [3.63, 3.8) is 0 Å². The van der Waals surface area contributed by atoms with E-state index >= 15 is 0 Å². The first kappa shape index (κ1) is 31.7. The van der Waals surface area contributed by atoms with Gasteiger partial charge in [0.25, 0.3) is 0 Å². The maximum atomic E-state index is 13.9. The summed E-state index contributed by atoms with van der Waals surface area (Å²) in [6.07, 6.45) is 2.03. The highest BCUT2D eigenvalue weighted by Crippen LogP contribution is 2.28. The van der Waals surface area contributed by atoms with Gasteiger partial charge in [-0.3, -0.25) is 14.4 Å². The smallest absolute Gasteiger partial charge is 0.408 e. The van der Waals surface area contributed by atoms with Gasteiger partial charge in [0.15, 0.2) is 0 Å². The van der Waals surface area contributed by atoms with E-state index in [0.717, 1.165) is 19.3 Å². The van der Waals surface area contributed by atoms with Crippen molar-refractivity contribution in [2.24, 2.45) is 5.73 Å². The molecule has 1 rings (SSSR count). The van der Waals surface area contributed by atoms with Crippen molar-refractivity contribution in [1.29, 1.82) is 0 Å². The van der Waals surface area contributed by atoms with Crippen LogP contribution in [0.1, 0.15) is 90.3 Å². The summed E-state index contributed by atoms with van der Waals surface area (Å²) in [7, 11) is 0. The first-order chi connectivity index (χ1) is 17.3. The van der Waals surface area contributed by atoms with Crippen molar-refractivity contribution in [1.82, 2.24) is 15.5 Å². The molecule has 0 radical (unpaired) electrons. The number of aromatic hydroxyl groups is 1. The largest absolute Gasteiger partial charge is 0.508 e. The molecule has 5 N–H and O–H groups in total. The Labute approximate surface area is 220 Å². The number of ether oxygens (including phenoxy) is 1. The number of nitrogens with one attached hydrogen (secondary N) is 2. The third kappa shape index (κ3) is 11.1. The zero-order valence-electron chi connectivity index (χ0n) is 23.1. The number of alkyl carbamates (subject to hydrolysis) is 1. The van der Waals surface area contributed by atoms with E-state index in [4.69, 9.17) is 10.5 Å². The first-order valence-corrected chi connectivity index (χ1v) is 13.0. The van der Waals surface area contributed by atoms with E-state index in [1.165, 1.54) is 11.0 Å². The lowest BCUT2D eigenvalue weighted by Crippen LogP contribution is -2.53. The average Bonchev–Trinajstić information content (AvgIpc) is 2.79. The van der Waals surface area contributed by atoms with Crippen LogP contribution in [-0.4, -0.2) is 58.6 Å². The highest BCUT2D eigenvalue weighted by atomic mass is 16.6. The quantitative estimate of drug-likeness (QED) is 0.276. The number of amides is 4. The Bertz CT molecular complexity index is 928. The van der Waals surface area contributed by atoms with Gasteiger partial charge in [0.05, 0.1) is 0 Å². The third-order valence-electron chi connectivity index (χ3n) is 5.63. The number of phenolic OH excluding ortho intramolecular Hbond substituents is 1. The van der Waals surface area contributed by atoms with E-state index in [2.05, 4.69) is 10.6 Å². The fraction of sp³-hybridized carbons (Fsp3) is 0.630. The molecule has 0 bridgehead atoms. The average molecular weight is 521 g/mol. The Hall–Kier alpha value is -3.30. The summed E-state index contributed by atoms with van der Waals surface area (Å²) in [6.45, 7) is 11.5. The monoisotopic (exact) mass is 520 g/mol. The molecule has 0 aliphatic carbocycles. The van der Waals surface area contributed by atoms with Crippen LogP contribution in [0.25, 0.3) is 0 Å².